The molecular formula is C10H14N2O. The van der Waals surface area contributed by atoms with Crippen molar-refractivity contribution in [2.75, 3.05) is 0 Å². The molecule has 0 aromatic carbocycles. The highest BCUT2D eigenvalue weighted by Crippen LogP contribution is 2.47. The number of hydrogen-bond acceptors (Lipinski definition) is 2. The van der Waals surface area contributed by atoms with Crippen LogP contribution in [0.1, 0.15) is 30.8 Å². The minimum absolute atomic E-state index is 0.157. The number of nitrogens with two attached hydrogens (primary N) is 1. The number of furan rings is 1. The molecule has 2 rings (SSSR count). The minimum Gasteiger partial charge on any atom is -0.465 e. The second kappa shape index (κ2) is 2.91. The van der Waals surface area contributed by atoms with Crippen molar-refractivity contribution in [2.24, 2.45) is 11.7 Å². The Balaban J connectivity index is 2.05. The first kappa shape index (κ1) is 8.35. The van der Waals surface area contributed by atoms with Gasteiger partial charge in [-0.05, 0) is 24.5 Å². The van der Waals surface area contributed by atoms with Crippen LogP contribution >= 0.6 is 0 Å². The Bertz CT molecular complexity index is 329. The largest absolute Gasteiger partial charge is 0.465 e. The van der Waals surface area contributed by atoms with Gasteiger partial charge in [0.05, 0.1) is 12.3 Å². The number of amidine groups is 1. The Labute approximate surface area is 77.4 Å². The SMILES string of the molecule is CC1CC1c1ccc(CC(=N)N)o1. The van der Waals surface area contributed by atoms with Gasteiger partial charge in [-0.3, -0.25) is 5.41 Å². The molecule has 0 amide bonds. The molecule has 0 radical (unpaired) electrons. The van der Waals surface area contributed by atoms with E-state index in [1.54, 1.807) is 0 Å². The monoisotopic (exact) mass is 178 g/mol. The van der Waals surface area contributed by atoms with Gasteiger partial charge in [-0.2, -0.15) is 0 Å². The van der Waals surface area contributed by atoms with E-state index < -0.39 is 0 Å². The van der Waals surface area contributed by atoms with Crippen molar-refractivity contribution in [1.29, 1.82) is 5.41 Å². The minimum atomic E-state index is 0.157. The Morgan fingerprint density at radius 2 is 2.38 bits per heavy atom. The normalized spacial score (nSPS) is 25.9. The molecule has 1 aliphatic rings. The zero-order valence-corrected chi connectivity index (χ0v) is 7.71. The maximum absolute atomic E-state index is 7.12. The molecule has 3 N–H and O–H groups in total. The third-order valence-electron chi connectivity index (χ3n) is 2.52. The summed E-state index contributed by atoms with van der Waals surface area (Å²) in [6.45, 7) is 2.22. The first-order valence-corrected chi connectivity index (χ1v) is 4.58. The molecule has 3 heteroatoms. The van der Waals surface area contributed by atoms with Crippen LogP contribution in [0.4, 0.5) is 0 Å². The maximum Gasteiger partial charge on any atom is 0.111 e. The number of hydrogen-bond donors (Lipinski definition) is 2. The molecule has 0 saturated heterocycles. The van der Waals surface area contributed by atoms with Crippen LogP contribution in [0.5, 0.6) is 0 Å². The van der Waals surface area contributed by atoms with E-state index in [2.05, 4.69) is 6.92 Å². The van der Waals surface area contributed by atoms with E-state index in [1.807, 2.05) is 12.1 Å². The molecule has 1 aromatic heterocycles. The van der Waals surface area contributed by atoms with E-state index in [0.29, 0.717) is 12.3 Å². The summed E-state index contributed by atoms with van der Waals surface area (Å²) in [7, 11) is 0. The van der Waals surface area contributed by atoms with Crippen LogP contribution in [0, 0.1) is 11.3 Å². The summed E-state index contributed by atoms with van der Waals surface area (Å²) < 4.78 is 5.57. The van der Waals surface area contributed by atoms with Crippen molar-refractivity contribution in [1.82, 2.24) is 0 Å². The van der Waals surface area contributed by atoms with E-state index in [0.717, 1.165) is 17.4 Å². The molecule has 1 fully saturated rings. The molecule has 1 aliphatic carbocycles. The Kier molecular flexibility index (Phi) is 1.87. The molecule has 3 nitrogen and oxygen atoms in total. The molecule has 13 heavy (non-hydrogen) atoms. The lowest BCUT2D eigenvalue weighted by Gasteiger charge is -1.94. The van der Waals surface area contributed by atoms with Crippen LogP contribution in [-0.4, -0.2) is 5.84 Å². The van der Waals surface area contributed by atoms with Crippen LogP contribution in [-0.2, 0) is 6.42 Å². The fourth-order valence-electron chi connectivity index (χ4n) is 1.60. The fraction of sp³-hybridized carbons (Fsp3) is 0.500. The highest BCUT2D eigenvalue weighted by Gasteiger charge is 2.36. The molecule has 70 valence electrons. The third-order valence-corrected chi connectivity index (χ3v) is 2.52. The van der Waals surface area contributed by atoms with Crippen molar-refractivity contribution < 1.29 is 4.42 Å². The van der Waals surface area contributed by atoms with Gasteiger partial charge in [-0.1, -0.05) is 6.92 Å². The molecule has 2 unspecified atom stereocenters. The first-order chi connectivity index (χ1) is 6.16. The van der Waals surface area contributed by atoms with Crippen molar-refractivity contribution in [2.45, 2.75) is 25.7 Å². The summed E-state index contributed by atoms with van der Waals surface area (Å²) in [5.41, 5.74) is 5.28. The smallest absolute Gasteiger partial charge is 0.111 e. The average Bonchev–Trinajstić information content (AvgIpc) is 2.60. The van der Waals surface area contributed by atoms with E-state index in [-0.39, 0.29) is 5.84 Å². The lowest BCUT2D eigenvalue weighted by molar-refractivity contribution is 0.473. The predicted octanol–water partition coefficient (Wildman–Crippen LogP) is 1.88. The Hall–Kier alpha value is -1.25. The van der Waals surface area contributed by atoms with E-state index in [4.69, 9.17) is 15.6 Å². The predicted molar refractivity (Wildman–Crippen MR) is 50.8 cm³/mol. The first-order valence-electron chi connectivity index (χ1n) is 4.58. The van der Waals surface area contributed by atoms with E-state index in [9.17, 15) is 0 Å². The third kappa shape index (κ3) is 1.74. The molecule has 0 aliphatic heterocycles. The summed E-state index contributed by atoms with van der Waals surface area (Å²) in [6, 6.07) is 3.92. The van der Waals surface area contributed by atoms with Crippen molar-refractivity contribution >= 4 is 5.84 Å². The topological polar surface area (TPSA) is 63.0 Å². The van der Waals surface area contributed by atoms with Gasteiger partial charge < -0.3 is 10.2 Å². The van der Waals surface area contributed by atoms with Crippen molar-refractivity contribution in [3.8, 4) is 0 Å². The summed E-state index contributed by atoms with van der Waals surface area (Å²) in [5.74, 6) is 3.40. The summed E-state index contributed by atoms with van der Waals surface area (Å²) in [4.78, 5) is 0. The van der Waals surface area contributed by atoms with Gasteiger partial charge in [0.1, 0.15) is 11.5 Å². The van der Waals surface area contributed by atoms with Crippen molar-refractivity contribution in [3.05, 3.63) is 23.7 Å². The van der Waals surface area contributed by atoms with E-state index >= 15 is 0 Å². The second-order valence-corrected chi connectivity index (χ2v) is 3.83. The van der Waals surface area contributed by atoms with E-state index in [1.165, 1.54) is 6.42 Å². The van der Waals surface area contributed by atoms with Crippen LogP contribution < -0.4 is 5.73 Å². The molecule has 1 heterocycles. The van der Waals surface area contributed by atoms with Crippen molar-refractivity contribution in [3.63, 3.8) is 0 Å². The van der Waals surface area contributed by atoms with Crippen LogP contribution in [0.3, 0.4) is 0 Å². The number of rotatable bonds is 3. The maximum atomic E-state index is 7.12. The molecule has 1 saturated carbocycles. The lowest BCUT2D eigenvalue weighted by Crippen LogP contribution is -2.11. The van der Waals surface area contributed by atoms with Gasteiger partial charge in [0.25, 0.3) is 0 Å². The lowest BCUT2D eigenvalue weighted by atomic mass is 10.2. The Morgan fingerprint density at radius 3 is 2.92 bits per heavy atom. The number of nitrogens with one attached hydrogen (secondary N) is 1. The standard InChI is InChI=1S/C10H14N2O/c1-6-4-8(6)9-3-2-7(13-9)5-10(11)12/h2-3,6,8H,4-5H2,1H3,(H3,11,12). The zero-order chi connectivity index (χ0) is 9.42. The molecule has 1 aromatic rings. The average molecular weight is 178 g/mol. The van der Waals surface area contributed by atoms with Gasteiger partial charge in [0, 0.05) is 5.92 Å². The molecule has 0 spiro atoms. The highest BCUT2D eigenvalue weighted by molar-refractivity contribution is 5.78. The molecule has 2 atom stereocenters. The van der Waals surface area contributed by atoms with Gasteiger partial charge in [0.15, 0.2) is 0 Å². The van der Waals surface area contributed by atoms with Gasteiger partial charge in [-0.25, -0.2) is 0 Å². The van der Waals surface area contributed by atoms with Gasteiger partial charge in [0.2, 0.25) is 0 Å². The highest BCUT2D eigenvalue weighted by atomic mass is 16.3. The second-order valence-electron chi connectivity index (χ2n) is 3.83. The summed E-state index contributed by atoms with van der Waals surface area (Å²) >= 11 is 0. The van der Waals surface area contributed by atoms with Crippen LogP contribution in [0.2, 0.25) is 0 Å². The quantitative estimate of drug-likeness (QED) is 0.548. The van der Waals surface area contributed by atoms with Gasteiger partial charge >= 0.3 is 0 Å². The fourth-order valence-corrected chi connectivity index (χ4v) is 1.60. The van der Waals surface area contributed by atoms with Crippen LogP contribution in [0.15, 0.2) is 16.5 Å². The summed E-state index contributed by atoms with van der Waals surface area (Å²) in [6.07, 6.45) is 1.66. The zero-order valence-electron chi connectivity index (χ0n) is 7.71. The molecule has 0 bridgehead atoms. The van der Waals surface area contributed by atoms with Gasteiger partial charge in [-0.15, -0.1) is 0 Å². The summed E-state index contributed by atoms with van der Waals surface area (Å²) in [5, 5.41) is 7.12. The molecular weight excluding hydrogens is 164 g/mol. The Morgan fingerprint density at radius 1 is 1.69 bits per heavy atom. The van der Waals surface area contributed by atoms with Crippen LogP contribution in [0.25, 0.3) is 0 Å².